The third-order valence-electron chi connectivity index (χ3n) is 6.77. The van der Waals surface area contributed by atoms with Crippen LogP contribution in [0.15, 0.2) is 42.0 Å². The molecule has 3 unspecified atom stereocenters. The lowest BCUT2D eigenvalue weighted by atomic mass is 9.76. The Kier molecular flexibility index (Phi) is 14.4. The number of alkyl halides is 3. The van der Waals surface area contributed by atoms with Gasteiger partial charge in [-0.05, 0) is 37.3 Å². The summed E-state index contributed by atoms with van der Waals surface area (Å²) in [6.07, 6.45) is -2.85. The number of benzene rings is 1. The van der Waals surface area contributed by atoms with E-state index in [0.29, 0.717) is 6.42 Å². The van der Waals surface area contributed by atoms with E-state index in [2.05, 4.69) is 10.6 Å². The molecule has 42 heavy (non-hydrogen) atoms. The van der Waals surface area contributed by atoms with Crippen molar-refractivity contribution in [3.05, 3.63) is 47.5 Å². The largest absolute Gasteiger partial charge is 0.490 e. The highest BCUT2D eigenvalue weighted by atomic mass is 19.4. The number of halogens is 3. The van der Waals surface area contributed by atoms with Crippen molar-refractivity contribution in [3.63, 3.8) is 0 Å². The van der Waals surface area contributed by atoms with E-state index in [-0.39, 0.29) is 23.3 Å². The highest BCUT2D eigenvalue weighted by molar-refractivity contribution is 5.91. The monoisotopic (exact) mass is 601 g/mol. The molecule has 0 aliphatic heterocycles. The van der Waals surface area contributed by atoms with Crippen LogP contribution in [0.5, 0.6) is 0 Å². The molecule has 12 heteroatoms. The minimum Gasteiger partial charge on any atom is -0.478 e. The molecule has 0 aromatic heterocycles. The topological polar surface area (TPSA) is 136 Å². The van der Waals surface area contributed by atoms with E-state index in [4.69, 9.17) is 9.90 Å². The number of amides is 2. The summed E-state index contributed by atoms with van der Waals surface area (Å²) < 4.78 is 31.7. The van der Waals surface area contributed by atoms with Crippen LogP contribution in [0.3, 0.4) is 0 Å². The molecule has 0 saturated heterocycles. The highest BCUT2D eigenvalue weighted by Crippen LogP contribution is 2.29. The Hall–Kier alpha value is -3.41. The van der Waals surface area contributed by atoms with E-state index in [1.54, 1.807) is 25.1 Å². The Labute approximate surface area is 246 Å². The molecule has 1 aromatic rings. The lowest BCUT2D eigenvalue weighted by Gasteiger charge is -2.39. The number of hydrogen-bond acceptors (Lipinski definition) is 5. The Morgan fingerprint density at radius 1 is 0.952 bits per heavy atom. The van der Waals surface area contributed by atoms with Crippen LogP contribution in [0.1, 0.15) is 67.4 Å². The van der Waals surface area contributed by atoms with Crippen LogP contribution in [-0.4, -0.2) is 77.3 Å². The number of nitrogens with one attached hydrogen (secondary N) is 2. The van der Waals surface area contributed by atoms with Gasteiger partial charge in [-0.15, -0.1) is 0 Å². The van der Waals surface area contributed by atoms with E-state index in [1.165, 1.54) is 6.92 Å². The van der Waals surface area contributed by atoms with Crippen LogP contribution in [0, 0.1) is 11.3 Å². The quantitative estimate of drug-likeness (QED) is 0.272. The maximum absolute atomic E-state index is 13.7. The minimum absolute atomic E-state index is 0.187. The van der Waals surface area contributed by atoms with Crippen molar-refractivity contribution in [3.8, 4) is 0 Å². The first-order valence-corrected chi connectivity index (χ1v) is 13.5. The van der Waals surface area contributed by atoms with Gasteiger partial charge >= 0.3 is 18.1 Å². The van der Waals surface area contributed by atoms with Crippen LogP contribution < -0.4 is 10.6 Å². The van der Waals surface area contributed by atoms with Crippen molar-refractivity contribution in [2.45, 2.75) is 91.5 Å². The van der Waals surface area contributed by atoms with Gasteiger partial charge in [0.2, 0.25) is 11.8 Å². The van der Waals surface area contributed by atoms with Gasteiger partial charge < -0.3 is 25.7 Å². The van der Waals surface area contributed by atoms with Gasteiger partial charge in [-0.25, -0.2) is 9.59 Å². The zero-order chi connectivity index (χ0) is 33.2. The van der Waals surface area contributed by atoms with E-state index < -0.39 is 47.1 Å². The number of rotatable bonds is 11. The number of nitrogens with zero attached hydrogens (tertiary/aromatic N) is 1. The number of carbonyl (C=O) groups excluding carboxylic acids is 2. The second-order valence-corrected chi connectivity index (χ2v) is 12.2. The molecule has 0 aliphatic rings. The molecule has 3 atom stereocenters. The van der Waals surface area contributed by atoms with Crippen molar-refractivity contribution in [2.24, 2.45) is 11.3 Å². The lowest BCUT2D eigenvalue weighted by Crippen LogP contribution is -2.61. The lowest BCUT2D eigenvalue weighted by molar-refractivity contribution is -0.192. The van der Waals surface area contributed by atoms with Crippen molar-refractivity contribution in [2.75, 3.05) is 14.1 Å². The molecule has 4 N–H and O–H groups in total. The molecule has 0 radical (unpaired) electrons. The van der Waals surface area contributed by atoms with Crippen LogP contribution in [0.2, 0.25) is 0 Å². The van der Waals surface area contributed by atoms with Crippen molar-refractivity contribution in [1.29, 1.82) is 0 Å². The number of carboxylic acids is 2. The molecule has 2 amide bonds. The van der Waals surface area contributed by atoms with Gasteiger partial charge in [0.15, 0.2) is 0 Å². The van der Waals surface area contributed by atoms with Gasteiger partial charge in [0, 0.05) is 18.0 Å². The first-order chi connectivity index (χ1) is 19.0. The number of hydrogen-bond donors (Lipinski definition) is 4. The van der Waals surface area contributed by atoms with Gasteiger partial charge in [0.25, 0.3) is 0 Å². The maximum atomic E-state index is 13.7. The number of aliphatic carboxylic acids is 2. The summed E-state index contributed by atoms with van der Waals surface area (Å²) in [5, 5.41) is 22.7. The first kappa shape index (κ1) is 38.6. The predicted octanol–water partition coefficient (Wildman–Crippen LogP) is 4.62. The Bertz CT molecular complexity index is 1100. The third kappa shape index (κ3) is 11.8. The van der Waals surface area contributed by atoms with Crippen molar-refractivity contribution >= 4 is 23.8 Å². The number of carbonyl (C=O) groups is 4. The van der Waals surface area contributed by atoms with Crippen LogP contribution in [-0.2, 0) is 24.6 Å². The van der Waals surface area contributed by atoms with Crippen LogP contribution >= 0.6 is 0 Å². The minimum atomic E-state index is -5.08. The molecule has 0 fully saturated rings. The molecular weight excluding hydrogens is 555 g/mol. The fourth-order valence-corrected chi connectivity index (χ4v) is 4.28. The molecule has 0 saturated carbocycles. The predicted molar refractivity (Wildman–Crippen MR) is 155 cm³/mol. The normalized spacial score (nSPS) is 14.7. The molecule has 0 bridgehead atoms. The molecule has 1 aromatic carbocycles. The number of carboxylic acid groups (broad SMARTS) is 2. The summed E-state index contributed by atoms with van der Waals surface area (Å²) >= 11 is 0. The van der Waals surface area contributed by atoms with E-state index in [1.807, 2.05) is 78.8 Å². The Morgan fingerprint density at radius 2 is 1.43 bits per heavy atom. The summed E-state index contributed by atoms with van der Waals surface area (Å²) in [4.78, 5) is 49.2. The standard InChI is InChI=1S/C28H45N3O4.C2HF3O2/c1-18(2)16-21(17-19(3)26(34)35)31(10)25(33)23(27(4,5)6)30-24(32)22(29-9)28(7,8)20-14-12-11-13-15-20;3-2(4,5)1(6)7/h11-15,17-18,21-23,29H,16H2,1-10H3,(H,30,32)(H,34,35);(H,6,7). The van der Waals surface area contributed by atoms with Gasteiger partial charge in [-0.3, -0.25) is 9.59 Å². The summed E-state index contributed by atoms with van der Waals surface area (Å²) in [5.74, 6) is -4.04. The fraction of sp³-hybridized carbons (Fsp3) is 0.600. The van der Waals surface area contributed by atoms with Crippen molar-refractivity contribution in [1.82, 2.24) is 15.5 Å². The molecule has 0 aliphatic carbocycles. The first-order valence-electron chi connectivity index (χ1n) is 13.5. The fourth-order valence-electron chi connectivity index (χ4n) is 4.28. The molecule has 0 heterocycles. The second kappa shape index (κ2) is 15.7. The summed E-state index contributed by atoms with van der Waals surface area (Å²) in [7, 11) is 3.42. The van der Waals surface area contributed by atoms with Crippen molar-refractivity contribution < 1.29 is 42.6 Å². The SMILES string of the molecule is CNC(C(=O)NC(C(=O)N(C)C(C=C(C)C(=O)O)CC(C)C)C(C)(C)C)C(C)(C)c1ccccc1.O=C(O)C(F)(F)F. The zero-order valence-corrected chi connectivity index (χ0v) is 26.1. The van der Waals surface area contributed by atoms with Gasteiger partial charge in [0.1, 0.15) is 6.04 Å². The molecule has 1 rings (SSSR count). The Morgan fingerprint density at radius 3 is 1.79 bits per heavy atom. The van der Waals surface area contributed by atoms with Crippen LogP contribution in [0.25, 0.3) is 0 Å². The van der Waals surface area contributed by atoms with E-state index in [9.17, 15) is 32.7 Å². The van der Waals surface area contributed by atoms with Gasteiger partial charge in [-0.1, -0.05) is 84.9 Å². The van der Waals surface area contributed by atoms with Gasteiger partial charge in [0.05, 0.1) is 12.1 Å². The van der Waals surface area contributed by atoms with Crippen LogP contribution in [0.4, 0.5) is 13.2 Å². The Balaban J connectivity index is 0.00000212. The third-order valence-corrected chi connectivity index (χ3v) is 6.77. The van der Waals surface area contributed by atoms with Gasteiger partial charge in [-0.2, -0.15) is 13.2 Å². The molecule has 9 nitrogen and oxygen atoms in total. The number of likely N-dealkylation sites (N-methyl/N-ethyl adjacent to an activating group) is 2. The van der Waals surface area contributed by atoms with E-state index >= 15 is 0 Å². The highest BCUT2D eigenvalue weighted by Gasteiger charge is 2.41. The summed E-state index contributed by atoms with van der Waals surface area (Å²) in [6.45, 7) is 15.3. The molecule has 238 valence electrons. The smallest absolute Gasteiger partial charge is 0.478 e. The summed E-state index contributed by atoms with van der Waals surface area (Å²) in [6, 6.07) is 8.04. The van der Waals surface area contributed by atoms with E-state index in [0.717, 1.165) is 5.56 Å². The zero-order valence-electron chi connectivity index (χ0n) is 26.1. The second-order valence-electron chi connectivity index (χ2n) is 12.2. The molecular formula is C30H46F3N3O6. The average Bonchev–Trinajstić information content (AvgIpc) is 2.85. The molecule has 0 spiro atoms. The summed E-state index contributed by atoms with van der Waals surface area (Å²) in [5.41, 5.74) is 0.103. The maximum Gasteiger partial charge on any atom is 0.490 e. The average molecular weight is 602 g/mol.